The molecule has 0 aliphatic heterocycles. The molecule has 5 heteroatoms. The molecule has 2 amide bonds. The maximum absolute atomic E-state index is 12.6. The average Bonchev–Trinajstić information content (AvgIpc) is 2.72. The number of nitrogens with one attached hydrogen (secondary N) is 2. The predicted molar refractivity (Wildman–Crippen MR) is 112 cm³/mol. The summed E-state index contributed by atoms with van der Waals surface area (Å²) < 4.78 is 0. The number of nitrogens with two attached hydrogens (primary N) is 1. The number of rotatable bonds is 7. The third-order valence-electron chi connectivity index (χ3n) is 4.42. The first-order valence-corrected chi connectivity index (χ1v) is 9.18. The van der Waals surface area contributed by atoms with Gasteiger partial charge in [-0.1, -0.05) is 60.7 Å². The number of carbonyl (C=O) groups excluding carboxylic acids is 2. The normalized spacial score (nSPS) is 10.3. The molecule has 0 aromatic heterocycles. The van der Waals surface area contributed by atoms with Gasteiger partial charge in [-0.25, -0.2) is 0 Å². The van der Waals surface area contributed by atoms with Crippen LogP contribution in [0, 0.1) is 0 Å². The van der Waals surface area contributed by atoms with Crippen molar-refractivity contribution in [1.29, 1.82) is 0 Å². The van der Waals surface area contributed by atoms with Crippen molar-refractivity contribution in [3.63, 3.8) is 0 Å². The van der Waals surface area contributed by atoms with Gasteiger partial charge in [-0.05, 0) is 35.7 Å². The molecule has 5 nitrogen and oxygen atoms in total. The minimum atomic E-state index is -0.230. The van der Waals surface area contributed by atoms with Gasteiger partial charge in [0, 0.05) is 18.7 Å². The van der Waals surface area contributed by atoms with Crippen LogP contribution < -0.4 is 16.4 Å². The van der Waals surface area contributed by atoms with Crippen LogP contribution >= 0.6 is 0 Å². The van der Waals surface area contributed by atoms with Crippen molar-refractivity contribution in [3.8, 4) is 0 Å². The Bertz CT molecular complexity index is 955. The summed E-state index contributed by atoms with van der Waals surface area (Å²) in [7, 11) is 0. The molecule has 4 N–H and O–H groups in total. The lowest BCUT2D eigenvalue weighted by molar-refractivity contribution is -0.116. The van der Waals surface area contributed by atoms with E-state index in [9.17, 15) is 9.59 Å². The lowest BCUT2D eigenvalue weighted by Crippen LogP contribution is -2.25. The van der Waals surface area contributed by atoms with Crippen LogP contribution in [0.5, 0.6) is 0 Å². The van der Waals surface area contributed by atoms with E-state index in [2.05, 4.69) is 10.6 Å². The van der Waals surface area contributed by atoms with Crippen LogP contribution in [0.2, 0.25) is 0 Å². The highest BCUT2D eigenvalue weighted by Gasteiger charge is 2.13. The molecule has 3 rings (SSSR count). The fraction of sp³-hybridized carbons (Fsp3) is 0.130. The smallest absolute Gasteiger partial charge is 0.253 e. The van der Waals surface area contributed by atoms with Gasteiger partial charge in [0.1, 0.15) is 0 Å². The van der Waals surface area contributed by atoms with Crippen LogP contribution in [0.15, 0.2) is 78.9 Å². The standard InChI is InChI=1S/C23H23N3O2/c24-20-12-6-4-10-18(20)14-15-22(27)26-21-13-7-5-11-19(21)23(28)25-16-17-8-2-1-3-9-17/h1-13H,14-16,24H2,(H,25,28)(H,26,27). The lowest BCUT2D eigenvalue weighted by atomic mass is 10.1. The zero-order valence-electron chi connectivity index (χ0n) is 15.5. The fourth-order valence-corrected chi connectivity index (χ4v) is 2.89. The Labute approximate surface area is 164 Å². The second-order valence-electron chi connectivity index (χ2n) is 6.46. The van der Waals surface area contributed by atoms with Crippen LogP contribution in [0.25, 0.3) is 0 Å². The van der Waals surface area contributed by atoms with Crippen LogP contribution in [-0.4, -0.2) is 11.8 Å². The maximum Gasteiger partial charge on any atom is 0.253 e. The van der Waals surface area contributed by atoms with Gasteiger partial charge in [0.25, 0.3) is 5.91 Å². The van der Waals surface area contributed by atoms with Crippen molar-refractivity contribution in [2.75, 3.05) is 11.1 Å². The van der Waals surface area contributed by atoms with E-state index in [1.54, 1.807) is 24.3 Å². The Morgan fingerprint density at radius 3 is 2.29 bits per heavy atom. The number of carbonyl (C=O) groups is 2. The van der Waals surface area contributed by atoms with Crippen LogP contribution in [0.3, 0.4) is 0 Å². The van der Waals surface area contributed by atoms with Crippen molar-refractivity contribution in [3.05, 3.63) is 95.6 Å². The topological polar surface area (TPSA) is 84.2 Å². The van der Waals surface area contributed by atoms with Gasteiger partial charge in [0.05, 0.1) is 11.3 Å². The molecule has 0 heterocycles. The molecule has 3 aromatic rings. The molecule has 0 aliphatic rings. The van der Waals surface area contributed by atoms with E-state index in [0.717, 1.165) is 11.1 Å². The molecule has 0 bridgehead atoms. The highest BCUT2D eigenvalue weighted by atomic mass is 16.2. The van der Waals surface area contributed by atoms with E-state index < -0.39 is 0 Å². The summed E-state index contributed by atoms with van der Waals surface area (Å²) >= 11 is 0. The summed E-state index contributed by atoms with van der Waals surface area (Å²) in [5, 5.41) is 5.73. The van der Waals surface area contributed by atoms with Crippen LogP contribution in [0.4, 0.5) is 11.4 Å². The molecule has 0 atom stereocenters. The number of hydrogen-bond donors (Lipinski definition) is 3. The van der Waals surface area contributed by atoms with Gasteiger partial charge in [0.15, 0.2) is 0 Å². The third-order valence-corrected chi connectivity index (χ3v) is 4.42. The van der Waals surface area contributed by atoms with Gasteiger partial charge >= 0.3 is 0 Å². The quantitative estimate of drug-likeness (QED) is 0.551. The highest BCUT2D eigenvalue weighted by Crippen LogP contribution is 2.17. The molecule has 28 heavy (non-hydrogen) atoms. The first-order chi connectivity index (χ1) is 13.6. The van der Waals surface area contributed by atoms with Gasteiger partial charge in [-0.15, -0.1) is 0 Å². The summed E-state index contributed by atoms with van der Waals surface area (Å²) in [6, 6.07) is 24.2. The number of aryl methyl sites for hydroxylation is 1. The summed E-state index contributed by atoms with van der Waals surface area (Å²) in [6.45, 7) is 0.426. The van der Waals surface area contributed by atoms with E-state index in [1.807, 2.05) is 54.6 Å². The number of benzene rings is 3. The fourth-order valence-electron chi connectivity index (χ4n) is 2.89. The lowest BCUT2D eigenvalue weighted by Gasteiger charge is -2.12. The highest BCUT2D eigenvalue weighted by molar-refractivity contribution is 6.03. The second kappa shape index (κ2) is 9.37. The SMILES string of the molecule is Nc1ccccc1CCC(=O)Nc1ccccc1C(=O)NCc1ccccc1. The molecule has 142 valence electrons. The minimum Gasteiger partial charge on any atom is -0.399 e. The Hall–Kier alpha value is -3.60. The first-order valence-electron chi connectivity index (χ1n) is 9.18. The molecule has 0 radical (unpaired) electrons. The Balaban J connectivity index is 1.60. The largest absolute Gasteiger partial charge is 0.399 e. The predicted octanol–water partition coefficient (Wildman–Crippen LogP) is 3.77. The number of amides is 2. The Morgan fingerprint density at radius 1 is 0.821 bits per heavy atom. The molecule has 0 aliphatic carbocycles. The Kier molecular flexibility index (Phi) is 6.41. The van der Waals surface area contributed by atoms with Crippen molar-refractivity contribution < 1.29 is 9.59 Å². The number of hydrogen-bond acceptors (Lipinski definition) is 3. The van der Waals surface area contributed by atoms with Gasteiger partial charge in [-0.2, -0.15) is 0 Å². The summed E-state index contributed by atoms with van der Waals surface area (Å²) in [4.78, 5) is 24.9. The van der Waals surface area contributed by atoms with Gasteiger partial charge < -0.3 is 16.4 Å². The summed E-state index contributed by atoms with van der Waals surface area (Å²) in [5.41, 5.74) is 9.48. The summed E-state index contributed by atoms with van der Waals surface area (Å²) in [5.74, 6) is -0.390. The monoisotopic (exact) mass is 373 g/mol. The molecule has 0 spiro atoms. The van der Waals surface area contributed by atoms with Gasteiger partial charge in [0.2, 0.25) is 5.91 Å². The summed E-state index contributed by atoms with van der Waals surface area (Å²) in [6.07, 6.45) is 0.828. The van der Waals surface area contributed by atoms with E-state index in [-0.39, 0.29) is 18.2 Å². The minimum absolute atomic E-state index is 0.161. The van der Waals surface area contributed by atoms with Crippen LogP contribution in [0.1, 0.15) is 27.9 Å². The van der Waals surface area contributed by atoms with Crippen molar-refractivity contribution in [1.82, 2.24) is 5.32 Å². The molecule has 3 aromatic carbocycles. The Morgan fingerprint density at radius 2 is 1.50 bits per heavy atom. The third kappa shape index (κ3) is 5.20. The second-order valence-corrected chi connectivity index (χ2v) is 6.46. The molecule has 0 fully saturated rings. The molecule has 0 unspecified atom stereocenters. The van der Waals surface area contributed by atoms with Crippen molar-refractivity contribution in [2.45, 2.75) is 19.4 Å². The van der Waals surface area contributed by atoms with Crippen molar-refractivity contribution in [2.24, 2.45) is 0 Å². The first kappa shape index (κ1) is 19.2. The van der Waals surface area contributed by atoms with E-state index >= 15 is 0 Å². The number of anilines is 2. The maximum atomic E-state index is 12.6. The number of nitrogen functional groups attached to an aromatic ring is 1. The van der Waals surface area contributed by atoms with Gasteiger partial charge in [-0.3, -0.25) is 9.59 Å². The van der Waals surface area contributed by atoms with Crippen molar-refractivity contribution >= 4 is 23.2 Å². The average molecular weight is 373 g/mol. The molecular formula is C23H23N3O2. The van der Waals surface area contributed by atoms with E-state index in [1.165, 1.54) is 0 Å². The molecular weight excluding hydrogens is 350 g/mol. The zero-order chi connectivity index (χ0) is 19.8. The molecule has 0 saturated heterocycles. The van der Waals surface area contributed by atoms with E-state index in [4.69, 9.17) is 5.73 Å². The van der Waals surface area contributed by atoms with Crippen LogP contribution in [-0.2, 0) is 17.8 Å². The zero-order valence-corrected chi connectivity index (χ0v) is 15.5. The molecule has 0 saturated carbocycles. The van der Waals surface area contributed by atoms with E-state index in [0.29, 0.717) is 29.9 Å². The number of para-hydroxylation sites is 2.